The zero-order valence-electron chi connectivity index (χ0n) is 11.5. The SMILES string of the molecule is C[C@@H](Cn1cc([N+](=O)[O-])cn1)C(=O)Nc1cc(F)ccc1F. The Labute approximate surface area is 123 Å². The van der Waals surface area contributed by atoms with Crippen LogP contribution in [-0.4, -0.2) is 20.6 Å². The highest BCUT2D eigenvalue weighted by Gasteiger charge is 2.18. The summed E-state index contributed by atoms with van der Waals surface area (Å²) in [6.07, 6.45) is 2.25. The van der Waals surface area contributed by atoms with E-state index in [4.69, 9.17) is 0 Å². The highest BCUT2D eigenvalue weighted by Crippen LogP contribution is 2.17. The summed E-state index contributed by atoms with van der Waals surface area (Å²) in [4.78, 5) is 21.9. The number of amides is 1. The second kappa shape index (κ2) is 6.29. The van der Waals surface area contributed by atoms with Gasteiger partial charge in [-0.25, -0.2) is 8.78 Å². The first kappa shape index (κ1) is 15.5. The van der Waals surface area contributed by atoms with Crippen molar-refractivity contribution in [3.63, 3.8) is 0 Å². The molecule has 0 saturated heterocycles. The molecular formula is C13H12F2N4O3. The van der Waals surface area contributed by atoms with Crippen molar-refractivity contribution in [2.45, 2.75) is 13.5 Å². The molecule has 2 aromatic rings. The summed E-state index contributed by atoms with van der Waals surface area (Å²) >= 11 is 0. The van der Waals surface area contributed by atoms with Crippen LogP contribution in [0.25, 0.3) is 0 Å². The lowest BCUT2D eigenvalue weighted by atomic mass is 10.1. The summed E-state index contributed by atoms with van der Waals surface area (Å²) < 4.78 is 27.7. The minimum absolute atomic E-state index is 0.0661. The molecule has 0 spiro atoms. The van der Waals surface area contributed by atoms with Crippen LogP contribution < -0.4 is 5.32 Å². The van der Waals surface area contributed by atoms with Crippen LogP contribution in [0.3, 0.4) is 0 Å². The Morgan fingerprint density at radius 2 is 2.23 bits per heavy atom. The number of nitrogens with zero attached hydrogens (tertiary/aromatic N) is 3. The molecule has 0 radical (unpaired) electrons. The van der Waals surface area contributed by atoms with Crippen LogP contribution >= 0.6 is 0 Å². The maximum absolute atomic E-state index is 13.4. The van der Waals surface area contributed by atoms with Crippen molar-refractivity contribution in [2.24, 2.45) is 5.92 Å². The van der Waals surface area contributed by atoms with Gasteiger partial charge < -0.3 is 5.32 Å². The van der Waals surface area contributed by atoms with Gasteiger partial charge in [0.15, 0.2) is 0 Å². The van der Waals surface area contributed by atoms with Crippen molar-refractivity contribution in [1.29, 1.82) is 0 Å². The van der Waals surface area contributed by atoms with E-state index >= 15 is 0 Å². The Kier molecular flexibility index (Phi) is 4.44. The first-order chi connectivity index (χ1) is 10.4. The van der Waals surface area contributed by atoms with E-state index in [1.54, 1.807) is 6.92 Å². The second-order valence-corrected chi connectivity index (χ2v) is 4.69. The molecule has 0 bridgehead atoms. The maximum Gasteiger partial charge on any atom is 0.306 e. The van der Waals surface area contributed by atoms with Crippen molar-refractivity contribution in [3.8, 4) is 0 Å². The van der Waals surface area contributed by atoms with Gasteiger partial charge in [-0.2, -0.15) is 5.10 Å². The average molecular weight is 310 g/mol. The smallest absolute Gasteiger partial charge is 0.306 e. The minimum atomic E-state index is -0.753. The monoisotopic (exact) mass is 310 g/mol. The molecule has 0 saturated carbocycles. The van der Waals surface area contributed by atoms with E-state index in [1.807, 2.05) is 0 Å². The number of aromatic nitrogens is 2. The number of nitrogens with one attached hydrogen (secondary N) is 1. The molecule has 0 aliphatic carbocycles. The number of anilines is 1. The molecule has 7 nitrogen and oxygen atoms in total. The van der Waals surface area contributed by atoms with Crippen LogP contribution in [0.2, 0.25) is 0 Å². The molecule has 0 aliphatic rings. The summed E-state index contributed by atoms with van der Waals surface area (Å²) in [5.74, 6) is -2.63. The quantitative estimate of drug-likeness (QED) is 0.678. The molecule has 1 amide bonds. The van der Waals surface area contributed by atoms with E-state index in [9.17, 15) is 23.7 Å². The van der Waals surface area contributed by atoms with Crippen LogP contribution in [0.1, 0.15) is 6.92 Å². The maximum atomic E-state index is 13.4. The number of rotatable bonds is 5. The van der Waals surface area contributed by atoms with Crippen LogP contribution in [0.4, 0.5) is 20.2 Å². The molecule has 0 aliphatic heterocycles. The number of halogens is 2. The Hall–Kier alpha value is -2.84. The van der Waals surface area contributed by atoms with E-state index in [2.05, 4.69) is 10.4 Å². The molecule has 116 valence electrons. The molecule has 1 N–H and O–H groups in total. The van der Waals surface area contributed by atoms with Gasteiger partial charge >= 0.3 is 5.69 Å². The van der Waals surface area contributed by atoms with Crippen molar-refractivity contribution < 1.29 is 18.5 Å². The zero-order valence-corrected chi connectivity index (χ0v) is 11.5. The largest absolute Gasteiger partial charge is 0.323 e. The molecule has 1 atom stereocenters. The third kappa shape index (κ3) is 3.62. The van der Waals surface area contributed by atoms with Crippen LogP contribution in [-0.2, 0) is 11.3 Å². The van der Waals surface area contributed by atoms with Crippen molar-refractivity contribution in [1.82, 2.24) is 9.78 Å². The summed E-state index contributed by atoms with van der Waals surface area (Å²) in [6.45, 7) is 1.61. The van der Waals surface area contributed by atoms with E-state index < -0.39 is 28.4 Å². The normalized spacial score (nSPS) is 12.0. The molecule has 1 aromatic carbocycles. The van der Waals surface area contributed by atoms with Gasteiger partial charge in [-0.15, -0.1) is 0 Å². The molecule has 0 unspecified atom stereocenters. The molecule has 1 heterocycles. The average Bonchev–Trinajstić information content (AvgIpc) is 2.91. The molecule has 0 fully saturated rings. The first-order valence-electron chi connectivity index (χ1n) is 6.29. The topological polar surface area (TPSA) is 90.1 Å². The van der Waals surface area contributed by atoms with Crippen LogP contribution in [0.15, 0.2) is 30.6 Å². The Balaban J connectivity index is 2.02. The number of hydrogen-bond donors (Lipinski definition) is 1. The molecule has 9 heteroatoms. The lowest BCUT2D eigenvalue weighted by Gasteiger charge is -2.12. The van der Waals surface area contributed by atoms with Gasteiger partial charge in [-0.3, -0.25) is 19.6 Å². The van der Waals surface area contributed by atoms with Gasteiger partial charge in [-0.05, 0) is 12.1 Å². The first-order valence-corrected chi connectivity index (χ1v) is 6.29. The summed E-state index contributed by atoms with van der Waals surface area (Å²) in [7, 11) is 0. The summed E-state index contributed by atoms with van der Waals surface area (Å²) in [6, 6.07) is 2.72. The number of carbonyl (C=O) groups excluding carboxylic acids is 1. The van der Waals surface area contributed by atoms with Crippen molar-refractivity contribution >= 4 is 17.3 Å². The minimum Gasteiger partial charge on any atom is -0.323 e. The Morgan fingerprint density at radius 1 is 1.50 bits per heavy atom. The fourth-order valence-corrected chi connectivity index (χ4v) is 1.76. The highest BCUT2D eigenvalue weighted by atomic mass is 19.1. The lowest BCUT2D eigenvalue weighted by molar-refractivity contribution is -0.385. The number of benzene rings is 1. The van der Waals surface area contributed by atoms with Gasteiger partial charge in [-0.1, -0.05) is 6.92 Å². The van der Waals surface area contributed by atoms with Gasteiger partial charge in [0.05, 0.1) is 23.1 Å². The summed E-state index contributed by atoms with van der Waals surface area (Å²) in [5.41, 5.74) is -0.452. The zero-order chi connectivity index (χ0) is 16.3. The number of nitro groups is 1. The Morgan fingerprint density at radius 3 is 2.86 bits per heavy atom. The molecule has 2 rings (SSSR count). The van der Waals surface area contributed by atoms with Gasteiger partial charge in [0.2, 0.25) is 5.91 Å². The number of carbonyl (C=O) groups is 1. The van der Waals surface area contributed by atoms with Crippen molar-refractivity contribution in [2.75, 3.05) is 5.32 Å². The second-order valence-electron chi connectivity index (χ2n) is 4.69. The number of hydrogen-bond acceptors (Lipinski definition) is 4. The third-order valence-corrected chi connectivity index (χ3v) is 2.93. The molecule has 22 heavy (non-hydrogen) atoms. The van der Waals surface area contributed by atoms with E-state index in [-0.39, 0.29) is 17.9 Å². The molecule has 1 aromatic heterocycles. The van der Waals surface area contributed by atoms with Gasteiger partial charge in [0.25, 0.3) is 0 Å². The van der Waals surface area contributed by atoms with E-state index in [0.717, 1.165) is 24.4 Å². The van der Waals surface area contributed by atoms with E-state index in [1.165, 1.54) is 10.9 Å². The fraction of sp³-hybridized carbons (Fsp3) is 0.231. The lowest BCUT2D eigenvalue weighted by Crippen LogP contribution is -2.25. The predicted octanol–water partition coefficient (Wildman–Crippen LogP) is 2.34. The molecular weight excluding hydrogens is 298 g/mol. The van der Waals surface area contributed by atoms with E-state index in [0.29, 0.717) is 0 Å². The van der Waals surface area contributed by atoms with Crippen LogP contribution in [0.5, 0.6) is 0 Å². The fourth-order valence-electron chi connectivity index (χ4n) is 1.76. The van der Waals surface area contributed by atoms with Gasteiger partial charge in [0, 0.05) is 6.07 Å². The summed E-state index contributed by atoms with van der Waals surface area (Å²) in [5, 5.41) is 16.6. The third-order valence-electron chi connectivity index (χ3n) is 2.93. The standard InChI is InChI=1S/C13H12F2N4O3/c1-8(6-18-7-10(5-16-18)19(21)22)13(20)17-12-4-9(14)2-3-11(12)15/h2-5,7-8H,6H2,1H3,(H,17,20)/t8-/m0/s1. The highest BCUT2D eigenvalue weighted by molar-refractivity contribution is 5.92. The Bertz CT molecular complexity index is 717. The van der Waals surface area contributed by atoms with Crippen LogP contribution in [0, 0.1) is 27.7 Å². The predicted molar refractivity (Wildman–Crippen MR) is 73.0 cm³/mol. The van der Waals surface area contributed by atoms with Crippen molar-refractivity contribution in [3.05, 3.63) is 52.3 Å². The van der Waals surface area contributed by atoms with Gasteiger partial charge in [0.1, 0.15) is 24.0 Å².